The smallest absolute Gasteiger partial charge is 0.319 e. The maximum Gasteiger partial charge on any atom is 0.319 e. The minimum absolute atomic E-state index is 0.0175. The molecule has 0 atom stereocenters. The fraction of sp³-hybridized carbons (Fsp3) is 0.364. The molecule has 19 heavy (non-hydrogen) atoms. The van der Waals surface area contributed by atoms with E-state index in [1.54, 1.807) is 0 Å². The largest absolute Gasteiger partial charge is 0.337 e. The van der Waals surface area contributed by atoms with Crippen LogP contribution < -0.4 is 10.6 Å². The molecule has 0 aromatic heterocycles. The Morgan fingerprint density at radius 1 is 1.47 bits per heavy atom. The average Bonchev–Trinajstić information content (AvgIpc) is 2.27. The maximum atomic E-state index is 11.5. The first-order valence-electron chi connectivity index (χ1n) is 5.53. The SMILES string of the molecule is CN(C)CCNC(=O)Nc1ccc([N+](=O)[O-])c(Cl)c1. The van der Waals surface area contributed by atoms with Crippen molar-refractivity contribution in [2.45, 2.75) is 0 Å². The van der Waals surface area contributed by atoms with Crippen molar-refractivity contribution in [1.29, 1.82) is 0 Å². The molecule has 0 aliphatic rings. The van der Waals surface area contributed by atoms with Gasteiger partial charge in [0.05, 0.1) is 4.92 Å². The second-order valence-corrected chi connectivity index (χ2v) is 4.51. The van der Waals surface area contributed by atoms with Gasteiger partial charge in [-0.1, -0.05) is 11.6 Å². The lowest BCUT2D eigenvalue weighted by molar-refractivity contribution is -0.384. The van der Waals surface area contributed by atoms with Crippen molar-refractivity contribution in [3.8, 4) is 0 Å². The molecule has 1 aromatic rings. The van der Waals surface area contributed by atoms with Gasteiger partial charge in [-0.15, -0.1) is 0 Å². The number of urea groups is 1. The fourth-order valence-corrected chi connectivity index (χ4v) is 1.55. The summed E-state index contributed by atoms with van der Waals surface area (Å²) in [6.45, 7) is 1.22. The Labute approximate surface area is 115 Å². The first-order chi connectivity index (χ1) is 8.90. The van der Waals surface area contributed by atoms with Crippen molar-refractivity contribution in [3.05, 3.63) is 33.3 Å². The van der Waals surface area contributed by atoms with Gasteiger partial charge in [0.25, 0.3) is 5.69 Å². The Kier molecular flexibility index (Phi) is 5.53. The zero-order valence-electron chi connectivity index (χ0n) is 10.6. The molecule has 2 amide bonds. The molecule has 1 aromatic carbocycles. The molecule has 0 radical (unpaired) electrons. The van der Waals surface area contributed by atoms with Gasteiger partial charge in [-0.2, -0.15) is 0 Å². The molecule has 8 heteroatoms. The number of nitrogens with one attached hydrogen (secondary N) is 2. The van der Waals surface area contributed by atoms with Gasteiger partial charge < -0.3 is 15.5 Å². The summed E-state index contributed by atoms with van der Waals surface area (Å²) < 4.78 is 0. The second kappa shape index (κ2) is 6.91. The van der Waals surface area contributed by atoms with E-state index in [9.17, 15) is 14.9 Å². The van der Waals surface area contributed by atoms with E-state index in [-0.39, 0.29) is 16.7 Å². The molecule has 7 nitrogen and oxygen atoms in total. The predicted octanol–water partition coefficient (Wildman–Crippen LogP) is 1.93. The van der Waals surface area contributed by atoms with E-state index in [0.29, 0.717) is 18.8 Å². The number of halogens is 1. The van der Waals surface area contributed by atoms with Crippen LogP contribution >= 0.6 is 11.6 Å². The molecular weight excluding hydrogens is 272 g/mol. The third kappa shape index (κ3) is 5.11. The number of amides is 2. The standard InChI is InChI=1S/C11H15ClN4O3/c1-15(2)6-5-13-11(17)14-8-3-4-10(16(18)19)9(12)7-8/h3-4,7H,5-6H2,1-2H3,(H2,13,14,17). The van der Waals surface area contributed by atoms with Gasteiger partial charge in [0.1, 0.15) is 5.02 Å². The number of anilines is 1. The Hall–Kier alpha value is -1.86. The van der Waals surface area contributed by atoms with Crippen LogP contribution in [-0.4, -0.2) is 43.0 Å². The molecule has 0 spiro atoms. The monoisotopic (exact) mass is 286 g/mol. The zero-order chi connectivity index (χ0) is 14.4. The molecule has 1 rings (SSSR count). The predicted molar refractivity (Wildman–Crippen MR) is 73.7 cm³/mol. The number of carbonyl (C=O) groups excluding carboxylic acids is 1. The van der Waals surface area contributed by atoms with Gasteiger partial charge in [-0.05, 0) is 26.2 Å². The number of nitro groups is 1. The number of hydrogen-bond donors (Lipinski definition) is 2. The Balaban J connectivity index is 2.55. The highest BCUT2D eigenvalue weighted by atomic mass is 35.5. The fourth-order valence-electron chi connectivity index (χ4n) is 1.30. The number of rotatable bonds is 5. The Bertz CT molecular complexity index is 479. The zero-order valence-corrected chi connectivity index (χ0v) is 11.4. The summed E-state index contributed by atoms with van der Waals surface area (Å²) in [5, 5.41) is 15.8. The number of nitrogens with zero attached hydrogens (tertiary/aromatic N) is 2. The van der Waals surface area contributed by atoms with Crippen LogP contribution in [0.2, 0.25) is 5.02 Å². The van der Waals surface area contributed by atoms with Crippen LogP contribution in [0, 0.1) is 10.1 Å². The van der Waals surface area contributed by atoms with Crippen molar-refractivity contribution in [1.82, 2.24) is 10.2 Å². The lowest BCUT2D eigenvalue weighted by Gasteiger charge is -2.11. The van der Waals surface area contributed by atoms with Crippen LogP contribution in [0.1, 0.15) is 0 Å². The molecule has 0 aliphatic heterocycles. The summed E-state index contributed by atoms with van der Waals surface area (Å²) in [6, 6.07) is 3.63. The highest BCUT2D eigenvalue weighted by Gasteiger charge is 2.12. The van der Waals surface area contributed by atoms with Gasteiger partial charge in [0, 0.05) is 24.8 Å². The molecule has 0 unspecified atom stereocenters. The highest BCUT2D eigenvalue weighted by Crippen LogP contribution is 2.26. The normalized spacial score (nSPS) is 10.3. The van der Waals surface area contributed by atoms with Gasteiger partial charge in [0.2, 0.25) is 0 Å². The van der Waals surface area contributed by atoms with Crippen LogP contribution in [0.25, 0.3) is 0 Å². The molecule has 0 heterocycles. The summed E-state index contributed by atoms with van der Waals surface area (Å²) in [5.74, 6) is 0. The van der Waals surface area contributed by atoms with Gasteiger partial charge in [0.15, 0.2) is 0 Å². The van der Waals surface area contributed by atoms with Crippen LogP contribution in [0.3, 0.4) is 0 Å². The van der Waals surface area contributed by atoms with Gasteiger partial charge in [-0.25, -0.2) is 4.79 Å². The van der Waals surface area contributed by atoms with E-state index >= 15 is 0 Å². The minimum atomic E-state index is -0.580. The van der Waals surface area contributed by atoms with E-state index in [1.165, 1.54) is 18.2 Å². The average molecular weight is 287 g/mol. The van der Waals surface area contributed by atoms with Gasteiger partial charge in [-0.3, -0.25) is 10.1 Å². The third-order valence-corrected chi connectivity index (χ3v) is 2.55. The summed E-state index contributed by atoms with van der Waals surface area (Å²) in [7, 11) is 3.80. The topological polar surface area (TPSA) is 87.5 Å². The van der Waals surface area contributed by atoms with Crippen LogP contribution in [0.5, 0.6) is 0 Å². The number of carbonyl (C=O) groups is 1. The van der Waals surface area contributed by atoms with E-state index in [4.69, 9.17) is 11.6 Å². The minimum Gasteiger partial charge on any atom is -0.337 e. The lowest BCUT2D eigenvalue weighted by Crippen LogP contribution is -2.34. The Morgan fingerprint density at radius 3 is 2.68 bits per heavy atom. The number of hydrogen-bond acceptors (Lipinski definition) is 4. The van der Waals surface area contributed by atoms with Crippen LogP contribution in [-0.2, 0) is 0 Å². The summed E-state index contributed by atoms with van der Waals surface area (Å²) in [5.41, 5.74) is 0.207. The molecule has 0 bridgehead atoms. The molecule has 2 N–H and O–H groups in total. The van der Waals surface area contributed by atoms with Crippen molar-refractivity contribution < 1.29 is 9.72 Å². The molecule has 0 fully saturated rings. The van der Waals surface area contributed by atoms with Crippen molar-refractivity contribution in [2.75, 3.05) is 32.5 Å². The third-order valence-electron chi connectivity index (χ3n) is 2.25. The molecule has 104 valence electrons. The number of likely N-dealkylation sites (N-methyl/N-ethyl adjacent to an activating group) is 1. The second-order valence-electron chi connectivity index (χ2n) is 4.11. The molecule has 0 saturated carbocycles. The quantitative estimate of drug-likeness (QED) is 0.639. The molecular formula is C11H15ClN4O3. The Morgan fingerprint density at radius 2 is 2.16 bits per heavy atom. The summed E-state index contributed by atoms with van der Waals surface area (Å²) >= 11 is 5.73. The van der Waals surface area contributed by atoms with Crippen molar-refractivity contribution in [2.24, 2.45) is 0 Å². The van der Waals surface area contributed by atoms with E-state index in [0.717, 1.165) is 0 Å². The summed E-state index contributed by atoms with van der Waals surface area (Å²) in [6.07, 6.45) is 0. The van der Waals surface area contributed by atoms with Crippen molar-refractivity contribution in [3.63, 3.8) is 0 Å². The maximum absolute atomic E-state index is 11.5. The number of benzene rings is 1. The lowest BCUT2D eigenvalue weighted by atomic mass is 10.3. The van der Waals surface area contributed by atoms with E-state index in [2.05, 4.69) is 10.6 Å². The van der Waals surface area contributed by atoms with E-state index in [1.807, 2.05) is 19.0 Å². The number of nitro benzene ring substituents is 1. The molecule has 0 aliphatic carbocycles. The van der Waals surface area contributed by atoms with Crippen LogP contribution in [0.15, 0.2) is 18.2 Å². The van der Waals surface area contributed by atoms with Gasteiger partial charge >= 0.3 is 6.03 Å². The highest BCUT2D eigenvalue weighted by molar-refractivity contribution is 6.33. The van der Waals surface area contributed by atoms with Crippen LogP contribution in [0.4, 0.5) is 16.2 Å². The first-order valence-corrected chi connectivity index (χ1v) is 5.91. The summed E-state index contributed by atoms with van der Waals surface area (Å²) in [4.78, 5) is 23.4. The van der Waals surface area contributed by atoms with Crippen molar-refractivity contribution >= 4 is 29.0 Å². The molecule has 0 saturated heterocycles. The van der Waals surface area contributed by atoms with E-state index < -0.39 is 4.92 Å². The first kappa shape index (κ1) is 15.2.